The number of nitrogens with zero attached hydrogens (tertiary/aromatic N) is 2. The molecule has 0 aliphatic carbocycles. The van der Waals surface area contributed by atoms with Gasteiger partial charge in [-0.3, -0.25) is 9.69 Å². The number of hydrogen-bond acceptors (Lipinski definition) is 4. The molecule has 0 spiro atoms. The third kappa shape index (κ3) is 13.4. The first-order valence-electron chi connectivity index (χ1n) is 5.94. The largest absolute Gasteiger partial charge is 0.480 e. The maximum atomic E-state index is 11.8. The van der Waals surface area contributed by atoms with Crippen molar-refractivity contribution >= 4 is 5.97 Å². The van der Waals surface area contributed by atoms with E-state index in [-0.39, 0.29) is 13.2 Å². The van der Waals surface area contributed by atoms with Crippen LogP contribution in [0.15, 0.2) is 0 Å². The molecule has 0 aliphatic rings. The SMILES string of the molecule is CN(C)CCN(CCCOCC(F)(F)F)CC(=O)O. The van der Waals surface area contributed by atoms with Crippen molar-refractivity contribution in [2.75, 3.05) is 53.5 Å². The van der Waals surface area contributed by atoms with Crippen LogP contribution in [0.2, 0.25) is 0 Å². The van der Waals surface area contributed by atoms with Gasteiger partial charge in [0.1, 0.15) is 6.61 Å². The number of carboxylic acid groups (broad SMARTS) is 1. The van der Waals surface area contributed by atoms with Crippen molar-refractivity contribution in [1.29, 1.82) is 0 Å². The second kappa shape index (κ2) is 9.11. The monoisotopic (exact) mass is 286 g/mol. The molecule has 5 nitrogen and oxygen atoms in total. The predicted octanol–water partition coefficient (Wildman–Crippen LogP) is 0.904. The first-order valence-corrected chi connectivity index (χ1v) is 5.94. The Hall–Kier alpha value is -0.860. The van der Waals surface area contributed by atoms with E-state index < -0.39 is 18.8 Å². The van der Waals surface area contributed by atoms with E-state index in [2.05, 4.69) is 4.74 Å². The molecule has 0 saturated carbocycles. The Morgan fingerprint density at radius 2 is 1.84 bits per heavy atom. The molecule has 0 bridgehead atoms. The third-order valence-corrected chi connectivity index (χ3v) is 2.25. The summed E-state index contributed by atoms with van der Waals surface area (Å²) in [6.45, 7) is 0.238. The van der Waals surface area contributed by atoms with Crippen LogP contribution in [0.3, 0.4) is 0 Å². The van der Waals surface area contributed by atoms with Gasteiger partial charge in [-0.25, -0.2) is 0 Å². The molecule has 0 radical (unpaired) electrons. The van der Waals surface area contributed by atoms with Gasteiger partial charge in [0.05, 0.1) is 6.54 Å². The minimum atomic E-state index is -4.31. The average Bonchev–Trinajstić information content (AvgIpc) is 2.22. The fourth-order valence-corrected chi connectivity index (χ4v) is 1.38. The van der Waals surface area contributed by atoms with Gasteiger partial charge in [0, 0.05) is 26.2 Å². The van der Waals surface area contributed by atoms with Crippen molar-refractivity contribution < 1.29 is 27.8 Å². The Bertz CT molecular complexity index is 260. The minimum absolute atomic E-state index is 0.0302. The van der Waals surface area contributed by atoms with Crippen LogP contribution in [-0.4, -0.2) is 80.5 Å². The van der Waals surface area contributed by atoms with E-state index in [9.17, 15) is 18.0 Å². The summed E-state index contributed by atoms with van der Waals surface area (Å²) in [6, 6.07) is 0. The number of alkyl halides is 3. The zero-order valence-electron chi connectivity index (χ0n) is 11.2. The predicted molar refractivity (Wildman–Crippen MR) is 64.1 cm³/mol. The quantitative estimate of drug-likeness (QED) is 0.605. The van der Waals surface area contributed by atoms with Crippen LogP contribution in [-0.2, 0) is 9.53 Å². The summed E-state index contributed by atoms with van der Waals surface area (Å²) in [5.41, 5.74) is 0. The summed E-state index contributed by atoms with van der Waals surface area (Å²) in [7, 11) is 3.73. The van der Waals surface area contributed by atoms with E-state index >= 15 is 0 Å². The molecule has 0 heterocycles. The molecule has 8 heteroatoms. The molecule has 0 rings (SSSR count). The van der Waals surface area contributed by atoms with Crippen molar-refractivity contribution in [2.24, 2.45) is 0 Å². The van der Waals surface area contributed by atoms with E-state index in [0.717, 1.165) is 0 Å². The first kappa shape index (κ1) is 18.1. The molecule has 19 heavy (non-hydrogen) atoms. The van der Waals surface area contributed by atoms with E-state index in [4.69, 9.17) is 5.11 Å². The summed E-state index contributed by atoms with van der Waals surface area (Å²) in [4.78, 5) is 14.2. The van der Waals surface area contributed by atoms with Crippen molar-refractivity contribution in [3.63, 3.8) is 0 Å². The Labute approximate surface area is 110 Å². The highest BCUT2D eigenvalue weighted by Crippen LogP contribution is 2.14. The number of hydrogen-bond donors (Lipinski definition) is 1. The normalized spacial score (nSPS) is 12.4. The van der Waals surface area contributed by atoms with Crippen molar-refractivity contribution in [3.8, 4) is 0 Å². The lowest BCUT2D eigenvalue weighted by molar-refractivity contribution is -0.174. The van der Waals surface area contributed by atoms with Crippen LogP contribution in [0.1, 0.15) is 6.42 Å². The molecule has 0 fully saturated rings. The van der Waals surface area contributed by atoms with Gasteiger partial charge in [-0.1, -0.05) is 0 Å². The zero-order chi connectivity index (χ0) is 14.9. The van der Waals surface area contributed by atoms with E-state index in [1.165, 1.54) is 0 Å². The van der Waals surface area contributed by atoms with Crippen LogP contribution in [0, 0.1) is 0 Å². The van der Waals surface area contributed by atoms with Gasteiger partial charge >= 0.3 is 12.1 Å². The zero-order valence-corrected chi connectivity index (χ0v) is 11.2. The van der Waals surface area contributed by atoms with Gasteiger partial charge in [-0.15, -0.1) is 0 Å². The highest BCUT2D eigenvalue weighted by molar-refractivity contribution is 5.69. The molecule has 0 aromatic carbocycles. The van der Waals surface area contributed by atoms with Crippen LogP contribution in [0.4, 0.5) is 13.2 Å². The van der Waals surface area contributed by atoms with Crippen molar-refractivity contribution in [2.45, 2.75) is 12.6 Å². The van der Waals surface area contributed by atoms with E-state index in [0.29, 0.717) is 26.1 Å². The standard InChI is InChI=1S/C11H21F3N2O3/c1-15(2)5-6-16(8-10(17)18)4-3-7-19-9-11(12,13)14/h3-9H2,1-2H3,(H,17,18). The fourth-order valence-electron chi connectivity index (χ4n) is 1.38. The van der Waals surface area contributed by atoms with Gasteiger partial charge in [0.15, 0.2) is 0 Å². The van der Waals surface area contributed by atoms with Crippen molar-refractivity contribution in [1.82, 2.24) is 9.80 Å². The van der Waals surface area contributed by atoms with Gasteiger partial charge in [0.2, 0.25) is 0 Å². The lowest BCUT2D eigenvalue weighted by atomic mass is 10.3. The molecule has 0 unspecified atom stereocenters. The van der Waals surface area contributed by atoms with E-state index in [1.54, 1.807) is 4.90 Å². The maximum absolute atomic E-state index is 11.8. The summed E-state index contributed by atoms with van der Waals surface area (Å²) in [6.07, 6.45) is -3.94. The third-order valence-electron chi connectivity index (χ3n) is 2.25. The second-order valence-corrected chi connectivity index (χ2v) is 4.49. The van der Waals surface area contributed by atoms with Gasteiger partial charge < -0.3 is 14.7 Å². The summed E-state index contributed by atoms with van der Waals surface area (Å²) in [5, 5.41) is 8.72. The Morgan fingerprint density at radius 1 is 1.21 bits per heavy atom. The molecule has 114 valence electrons. The molecule has 0 saturated heterocycles. The molecule has 0 aliphatic heterocycles. The number of halogens is 3. The molecular weight excluding hydrogens is 265 g/mol. The maximum Gasteiger partial charge on any atom is 0.411 e. The summed E-state index contributed by atoms with van der Waals surface area (Å²) < 4.78 is 39.9. The number of likely N-dealkylation sites (N-methyl/N-ethyl adjacent to an activating group) is 1. The summed E-state index contributed by atoms with van der Waals surface area (Å²) in [5.74, 6) is -0.949. The lowest BCUT2D eigenvalue weighted by Gasteiger charge is -2.22. The van der Waals surface area contributed by atoms with Crippen LogP contribution in [0.5, 0.6) is 0 Å². The fraction of sp³-hybridized carbons (Fsp3) is 0.909. The topological polar surface area (TPSA) is 53.0 Å². The second-order valence-electron chi connectivity index (χ2n) is 4.49. The van der Waals surface area contributed by atoms with Crippen LogP contribution >= 0.6 is 0 Å². The van der Waals surface area contributed by atoms with Crippen LogP contribution < -0.4 is 0 Å². The lowest BCUT2D eigenvalue weighted by Crippen LogP contribution is -2.36. The Kier molecular flexibility index (Phi) is 8.70. The molecule has 0 aromatic heterocycles. The number of aliphatic carboxylic acids is 1. The molecule has 0 aromatic rings. The molecule has 0 amide bonds. The minimum Gasteiger partial charge on any atom is -0.480 e. The number of carboxylic acids is 1. The first-order chi connectivity index (χ1) is 8.70. The Balaban J connectivity index is 3.82. The number of rotatable bonds is 10. The smallest absolute Gasteiger partial charge is 0.411 e. The number of ether oxygens (including phenoxy) is 1. The highest BCUT2D eigenvalue weighted by Gasteiger charge is 2.27. The Morgan fingerprint density at radius 3 is 2.32 bits per heavy atom. The summed E-state index contributed by atoms with van der Waals surface area (Å²) >= 11 is 0. The molecular formula is C11H21F3N2O3. The van der Waals surface area contributed by atoms with Gasteiger partial charge in [-0.2, -0.15) is 13.2 Å². The average molecular weight is 286 g/mol. The molecule has 0 atom stereocenters. The van der Waals surface area contributed by atoms with Gasteiger partial charge in [-0.05, 0) is 20.5 Å². The molecule has 1 N–H and O–H groups in total. The van der Waals surface area contributed by atoms with Crippen LogP contribution in [0.25, 0.3) is 0 Å². The van der Waals surface area contributed by atoms with E-state index in [1.807, 2.05) is 19.0 Å². The van der Waals surface area contributed by atoms with Gasteiger partial charge in [0.25, 0.3) is 0 Å². The highest BCUT2D eigenvalue weighted by atomic mass is 19.4. The van der Waals surface area contributed by atoms with Crippen molar-refractivity contribution in [3.05, 3.63) is 0 Å². The number of carbonyl (C=O) groups is 1.